The van der Waals surface area contributed by atoms with Gasteiger partial charge in [-0.3, -0.25) is 0 Å². The summed E-state index contributed by atoms with van der Waals surface area (Å²) in [4.78, 5) is 14.2. The molecule has 128 valence electrons. The van der Waals surface area contributed by atoms with Crippen molar-refractivity contribution in [2.24, 2.45) is 5.92 Å². The number of rotatable bonds is 3. The maximum atomic E-state index is 12.0. The van der Waals surface area contributed by atoms with Gasteiger partial charge in [0.2, 0.25) is 5.28 Å². The number of H-pyrrole nitrogens is 1. The molecule has 1 aliphatic carbocycles. The Hall–Kier alpha value is -1.58. The minimum atomic E-state index is -2.46. The summed E-state index contributed by atoms with van der Waals surface area (Å²) in [7, 11) is 0. The Bertz CT molecular complexity index is 632. The SMILES string of the molecule is CC1CC(O)C(O)C1.FC(F)CNc1nc(Cl)nc2nc[nH]c12. The van der Waals surface area contributed by atoms with Crippen molar-refractivity contribution < 1.29 is 19.0 Å². The molecule has 2 heterocycles. The van der Waals surface area contributed by atoms with E-state index in [2.05, 4.69) is 25.3 Å². The van der Waals surface area contributed by atoms with Crippen LogP contribution in [-0.4, -0.2) is 55.3 Å². The molecular formula is C13H18ClF2N5O2. The Morgan fingerprint density at radius 1 is 1.35 bits per heavy atom. The normalized spacial score (nSPS) is 23.9. The number of aliphatic hydroxyl groups excluding tert-OH is 2. The van der Waals surface area contributed by atoms with Gasteiger partial charge in [-0.2, -0.15) is 9.97 Å². The summed E-state index contributed by atoms with van der Waals surface area (Å²) >= 11 is 5.59. The summed E-state index contributed by atoms with van der Waals surface area (Å²) in [5.41, 5.74) is 0.798. The monoisotopic (exact) mass is 349 g/mol. The molecule has 23 heavy (non-hydrogen) atoms. The van der Waals surface area contributed by atoms with Gasteiger partial charge in [0, 0.05) is 0 Å². The summed E-state index contributed by atoms with van der Waals surface area (Å²) in [6.45, 7) is 1.54. The number of aromatic nitrogens is 4. The zero-order chi connectivity index (χ0) is 17.0. The number of aliphatic hydroxyl groups is 2. The van der Waals surface area contributed by atoms with E-state index in [4.69, 9.17) is 21.8 Å². The molecule has 0 aromatic carbocycles. The molecule has 0 amide bonds. The average Bonchev–Trinajstić information content (AvgIpc) is 3.03. The number of hydrogen-bond donors (Lipinski definition) is 4. The number of nitrogens with zero attached hydrogens (tertiary/aromatic N) is 3. The van der Waals surface area contributed by atoms with Crippen LogP contribution in [0, 0.1) is 5.92 Å². The van der Waals surface area contributed by atoms with Gasteiger partial charge in [0.25, 0.3) is 6.43 Å². The van der Waals surface area contributed by atoms with Crippen LogP contribution in [0.1, 0.15) is 19.8 Å². The minimum absolute atomic E-state index is 0.0358. The molecule has 3 rings (SSSR count). The Balaban J connectivity index is 0.000000203. The minimum Gasteiger partial charge on any atom is -0.390 e. The molecule has 0 aliphatic heterocycles. The van der Waals surface area contributed by atoms with Crippen molar-refractivity contribution in [2.75, 3.05) is 11.9 Å². The first kappa shape index (κ1) is 17.8. The fraction of sp³-hybridized carbons (Fsp3) is 0.615. The molecule has 7 nitrogen and oxygen atoms in total. The molecule has 0 saturated heterocycles. The second-order valence-corrected chi connectivity index (χ2v) is 5.76. The average molecular weight is 350 g/mol. The van der Waals surface area contributed by atoms with E-state index in [1.165, 1.54) is 6.33 Å². The second-order valence-electron chi connectivity index (χ2n) is 5.43. The van der Waals surface area contributed by atoms with Crippen molar-refractivity contribution >= 4 is 28.6 Å². The smallest absolute Gasteiger partial charge is 0.255 e. The van der Waals surface area contributed by atoms with Crippen molar-refractivity contribution in [1.82, 2.24) is 19.9 Å². The lowest BCUT2D eigenvalue weighted by molar-refractivity contribution is 0.0438. The Kier molecular flexibility index (Phi) is 6.03. The second kappa shape index (κ2) is 7.80. The van der Waals surface area contributed by atoms with Crippen LogP contribution >= 0.6 is 11.6 Å². The molecule has 2 aromatic rings. The van der Waals surface area contributed by atoms with E-state index in [1.807, 2.05) is 6.92 Å². The lowest BCUT2D eigenvalue weighted by Gasteiger charge is -2.05. The summed E-state index contributed by atoms with van der Waals surface area (Å²) in [6, 6.07) is 0. The first-order valence-electron chi connectivity index (χ1n) is 7.11. The van der Waals surface area contributed by atoms with Crippen LogP contribution in [0.4, 0.5) is 14.6 Å². The Labute approximate surface area is 136 Å². The molecule has 1 fully saturated rings. The topological polar surface area (TPSA) is 107 Å². The van der Waals surface area contributed by atoms with E-state index in [0.29, 0.717) is 17.1 Å². The molecule has 10 heteroatoms. The molecule has 2 unspecified atom stereocenters. The third-order valence-corrected chi connectivity index (χ3v) is 3.58. The van der Waals surface area contributed by atoms with Crippen molar-refractivity contribution in [1.29, 1.82) is 0 Å². The molecule has 0 bridgehead atoms. The van der Waals surface area contributed by atoms with E-state index in [9.17, 15) is 8.78 Å². The Morgan fingerprint density at radius 3 is 2.52 bits per heavy atom. The molecule has 0 radical (unpaired) electrons. The molecule has 0 spiro atoms. The lowest BCUT2D eigenvalue weighted by atomic mass is 10.1. The predicted molar refractivity (Wildman–Crippen MR) is 81.6 cm³/mol. The van der Waals surface area contributed by atoms with Gasteiger partial charge in [-0.05, 0) is 30.4 Å². The fourth-order valence-corrected chi connectivity index (χ4v) is 2.51. The third kappa shape index (κ3) is 4.95. The summed E-state index contributed by atoms with van der Waals surface area (Å²) in [5.74, 6) is 0.725. The number of hydrogen-bond acceptors (Lipinski definition) is 6. The van der Waals surface area contributed by atoms with Gasteiger partial charge in [-0.15, -0.1) is 0 Å². The van der Waals surface area contributed by atoms with Crippen molar-refractivity contribution in [2.45, 2.75) is 38.4 Å². The highest BCUT2D eigenvalue weighted by atomic mass is 35.5. The van der Waals surface area contributed by atoms with Crippen molar-refractivity contribution in [3.63, 3.8) is 0 Å². The van der Waals surface area contributed by atoms with Gasteiger partial charge in [0.15, 0.2) is 11.5 Å². The molecule has 1 aliphatic rings. The number of nitrogens with one attached hydrogen (secondary N) is 2. The maximum Gasteiger partial charge on any atom is 0.255 e. The third-order valence-electron chi connectivity index (χ3n) is 3.41. The quantitative estimate of drug-likeness (QED) is 0.630. The number of imidazole rings is 1. The highest BCUT2D eigenvalue weighted by Gasteiger charge is 2.27. The van der Waals surface area contributed by atoms with E-state index in [0.717, 1.165) is 12.8 Å². The first-order chi connectivity index (χ1) is 10.9. The largest absolute Gasteiger partial charge is 0.390 e. The van der Waals surface area contributed by atoms with Crippen LogP contribution in [0.15, 0.2) is 6.33 Å². The summed E-state index contributed by atoms with van der Waals surface area (Å²) < 4.78 is 24.0. The summed E-state index contributed by atoms with van der Waals surface area (Å²) in [6.07, 6.45) is -0.447. The maximum absolute atomic E-state index is 12.0. The van der Waals surface area contributed by atoms with E-state index in [-0.39, 0.29) is 11.1 Å². The van der Waals surface area contributed by atoms with Crippen LogP contribution in [0.2, 0.25) is 5.28 Å². The number of alkyl halides is 2. The van der Waals surface area contributed by atoms with Crippen LogP contribution in [0.25, 0.3) is 11.2 Å². The molecule has 4 N–H and O–H groups in total. The van der Waals surface area contributed by atoms with Gasteiger partial charge in [0.05, 0.1) is 25.1 Å². The highest BCUT2D eigenvalue weighted by Crippen LogP contribution is 2.24. The van der Waals surface area contributed by atoms with Crippen molar-refractivity contribution in [3.8, 4) is 0 Å². The Morgan fingerprint density at radius 2 is 2.00 bits per heavy atom. The van der Waals surface area contributed by atoms with Gasteiger partial charge in [0.1, 0.15) is 5.52 Å². The fourth-order valence-electron chi connectivity index (χ4n) is 2.34. The van der Waals surface area contributed by atoms with Crippen LogP contribution in [0.3, 0.4) is 0 Å². The highest BCUT2D eigenvalue weighted by molar-refractivity contribution is 6.28. The predicted octanol–water partition coefficient (Wildman–Crippen LogP) is 1.82. The molecule has 1 saturated carbocycles. The van der Waals surface area contributed by atoms with Gasteiger partial charge < -0.3 is 20.5 Å². The molecular weight excluding hydrogens is 332 g/mol. The van der Waals surface area contributed by atoms with E-state index >= 15 is 0 Å². The van der Waals surface area contributed by atoms with Crippen molar-refractivity contribution in [3.05, 3.63) is 11.6 Å². The first-order valence-corrected chi connectivity index (χ1v) is 7.49. The van der Waals surface area contributed by atoms with E-state index in [1.54, 1.807) is 0 Å². The molecule has 2 atom stereocenters. The lowest BCUT2D eigenvalue weighted by Crippen LogP contribution is -2.17. The summed E-state index contributed by atoms with van der Waals surface area (Å²) in [5, 5.41) is 20.3. The zero-order valence-corrected chi connectivity index (χ0v) is 13.1. The van der Waals surface area contributed by atoms with Crippen LogP contribution in [-0.2, 0) is 0 Å². The zero-order valence-electron chi connectivity index (χ0n) is 12.4. The van der Waals surface area contributed by atoms with Gasteiger partial charge in [-0.1, -0.05) is 6.92 Å². The van der Waals surface area contributed by atoms with Crippen LogP contribution in [0.5, 0.6) is 0 Å². The standard InChI is InChI=1S/C7H6ClF2N5.C6H12O2/c8-7-14-5(11-1-3(9)10)4-6(15-7)13-2-12-4;1-4-2-5(7)6(8)3-4/h2-3H,1H2,(H2,11,12,13,14,15);4-8H,2-3H2,1H3. The van der Waals surface area contributed by atoms with Gasteiger partial charge >= 0.3 is 0 Å². The number of aromatic amines is 1. The number of halogens is 3. The van der Waals surface area contributed by atoms with Crippen LogP contribution < -0.4 is 5.32 Å². The number of anilines is 1. The number of fused-ring (bicyclic) bond motifs is 1. The molecule has 2 aromatic heterocycles. The van der Waals surface area contributed by atoms with E-state index < -0.39 is 25.2 Å². The van der Waals surface area contributed by atoms with Gasteiger partial charge in [-0.25, -0.2) is 13.8 Å².